The molecule has 0 spiro atoms. The number of alkyl halides is 1. The predicted octanol–water partition coefficient (Wildman–Crippen LogP) is 4.44. The average molecular weight is 650 g/mol. The van der Waals surface area contributed by atoms with Crippen LogP contribution >= 0.6 is 11.3 Å². The van der Waals surface area contributed by atoms with Crippen molar-refractivity contribution >= 4 is 43.4 Å². The molecule has 0 amide bonds. The molecule has 7 heterocycles. The summed E-state index contributed by atoms with van der Waals surface area (Å²) in [5.41, 5.74) is 6.22. The fourth-order valence-corrected chi connectivity index (χ4v) is 8.41. The third kappa shape index (κ3) is 4.24. The summed E-state index contributed by atoms with van der Waals surface area (Å²) >= 11 is 0.967. The van der Waals surface area contributed by atoms with Crippen LogP contribution in [0.3, 0.4) is 0 Å². The predicted molar refractivity (Wildman–Crippen MR) is 167 cm³/mol. The van der Waals surface area contributed by atoms with Gasteiger partial charge in [0.1, 0.15) is 35.3 Å². The lowest BCUT2D eigenvalue weighted by atomic mass is 9.95. The molecule has 46 heavy (non-hydrogen) atoms. The molecule has 238 valence electrons. The van der Waals surface area contributed by atoms with E-state index in [0.29, 0.717) is 45.4 Å². The van der Waals surface area contributed by atoms with Gasteiger partial charge in [0.25, 0.3) is 5.56 Å². The molecule has 15 heteroatoms. The number of nitrogens with zero attached hydrogens (tertiary/aromatic N) is 8. The van der Waals surface area contributed by atoms with Crippen LogP contribution in [0.25, 0.3) is 32.4 Å². The number of nitrogens with two attached hydrogens (primary N) is 1. The van der Waals surface area contributed by atoms with Crippen molar-refractivity contribution < 1.29 is 17.9 Å². The van der Waals surface area contributed by atoms with Gasteiger partial charge in [0.2, 0.25) is 0 Å². The molecular weight excluding hydrogens is 619 g/mol. The quantitative estimate of drug-likeness (QED) is 0.285. The fraction of sp³-hybridized carbons (Fsp3) is 0.452. The second-order valence-corrected chi connectivity index (χ2v) is 13.8. The number of thiazole rings is 1. The van der Waals surface area contributed by atoms with Crippen LogP contribution in [0.1, 0.15) is 43.8 Å². The first-order valence-corrected chi connectivity index (χ1v) is 16.4. The van der Waals surface area contributed by atoms with Crippen molar-refractivity contribution in [3.63, 3.8) is 0 Å². The summed E-state index contributed by atoms with van der Waals surface area (Å²) in [6.07, 6.45) is 4.23. The Hall–Kier alpha value is -4.24. The van der Waals surface area contributed by atoms with E-state index in [4.69, 9.17) is 15.5 Å². The number of pyridine rings is 1. The van der Waals surface area contributed by atoms with Crippen molar-refractivity contribution in [3.05, 3.63) is 52.1 Å². The maximum Gasteiger partial charge on any atom is 0.319 e. The highest BCUT2D eigenvalue weighted by Crippen LogP contribution is 2.44. The first kappa shape index (κ1) is 28.0. The summed E-state index contributed by atoms with van der Waals surface area (Å²) in [5, 5.41) is 4.55. The zero-order chi connectivity index (χ0) is 31.3. The van der Waals surface area contributed by atoms with Crippen molar-refractivity contribution in [3.8, 4) is 17.3 Å². The van der Waals surface area contributed by atoms with Crippen molar-refractivity contribution in [2.75, 3.05) is 36.9 Å². The van der Waals surface area contributed by atoms with Crippen molar-refractivity contribution in [1.82, 2.24) is 34.2 Å². The Kier molecular flexibility index (Phi) is 6.17. The molecule has 1 saturated carbocycles. The lowest BCUT2D eigenvalue weighted by molar-refractivity contribution is 0.107. The zero-order valence-corrected chi connectivity index (χ0v) is 25.6. The number of halogens is 3. The van der Waals surface area contributed by atoms with Gasteiger partial charge in [-0.1, -0.05) is 11.3 Å². The lowest BCUT2D eigenvalue weighted by Crippen LogP contribution is -2.43. The molecule has 2 N–H and O–H groups in total. The normalized spacial score (nSPS) is 23.0. The van der Waals surface area contributed by atoms with Gasteiger partial charge in [-0.2, -0.15) is 15.1 Å². The summed E-state index contributed by atoms with van der Waals surface area (Å²) in [5.74, 6) is -1.00. The van der Waals surface area contributed by atoms with E-state index in [2.05, 4.69) is 20.0 Å². The van der Waals surface area contributed by atoms with Crippen LogP contribution in [-0.4, -0.2) is 72.2 Å². The number of fused-ring (bicyclic) bond motifs is 4. The highest BCUT2D eigenvalue weighted by atomic mass is 32.1. The molecular formula is C31H30F3N9O2S. The van der Waals surface area contributed by atoms with Crippen LogP contribution in [-0.2, 0) is 13.1 Å². The summed E-state index contributed by atoms with van der Waals surface area (Å²) in [7, 11) is 0. The molecule has 0 bridgehead atoms. The number of nitrogen functional groups attached to an aromatic ring is 1. The average Bonchev–Trinajstić information content (AvgIpc) is 3.32. The molecule has 2 saturated heterocycles. The summed E-state index contributed by atoms with van der Waals surface area (Å²) in [4.78, 5) is 32.2. The van der Waals surface area contributed by atoms with E-state index in [1.165, 1.54) is 16.7 Å². The van der Waals surface area contributed by atoms with Crippen LogP contribution in [0.15, 0.2) is 29.2 Å². The molecule has 11 nitrogen and oxygen atoms in total. The first-order chi connectivity index (χ1) is 22.3. The van der Waals surface area contributed by atoms with Crippen LogP contribution in [0.4, 0.5) is 24.1 Å². The molecule has 4 aliphatic rings. The monoisotopic (exact) mass is 649 g/mol. The molecule has 0 radical (unpaired) electrons. The van der Waals surface area contributed by atoms with E-state index in [9.17, 15) is 13.6 Å². The minimum atomic E-state index is -0.941. The Balaban J connectivity index is 1.25. The topological polar surface area (TPSA) is 120 Å². The largest absolute Gasteiger partial charge is 0.461 e. The van der Waals surface area contributed by atoms with Gasteiger partial charge < -0.3 is 19.9 Å². The molecule has 5 aromatic rings. The molecule has 1 aromatic carbocycles. The third-order valence-corrected chi connectivity index (χ3v) is 10.8. The van der Waals surface area contributed by atoms with Gasteiger partial charge in [0.05, 0.1) is 40.2 Å². The highest BCUT2D eigenvalue weighted by molar-refractivity contribution is 7.22. The van der Waals surface area contributed by atoms with Crippen molar-refractivity contribution in [2.24, 2.45) is 0 Å². The van der Waals surface area contributed by atoms with Gasteiger partial charge in [-0.05, 0) is 50.4 Å². The number of aromatic nitrogens is 6. The minimum Gasteiger partial charge on any atom is -0.461 e. The fourth-order valence-electron chi connectivity index (χ4n) is 7.64. The number of ether oxygens (including phenoxy) is 1. The van der Waals surface area contributed by atoms with E-state index < -0.39 is 28.9 Å². The third-order valence-electron chi connectivity index (χ3n) is 9.91. The van der Waals surface area contributed by atoms with E-state index in [1.807, 2.05) is 15.6 Å². The van der Waals surface area contributed by atoms with Crippen molar-refractivity contribution in [1.29, 1.82) is 0 Å². The van der Waals surface area contributed by atoms with Gasteiger partial charge in [-0.25, -0.2) is 18.2 Å². The van der Waals surface area contributed by atoms with E-state index in [1.54, 1.807) is 6.20 Å². The Morgan fingerprint density at radius 3 is 2.80 bits per heavy atom. The van der Waals surface area contributed by atoms with Crippen LogP contribution in [0.5, 0.6) is 6.01 Å². The van der Waals surface area contributed by atoms with E-state index in [0.717, 1.165) is 36.4 Å². The smallest absolute Gasteiger partial charge is 0.319 e. The lowest BCUT2D eigenvalue weighted by Gasteiger charge is -2.32. The molecule has 0 unspecified atom stereocenters. The maximum atomic E-state index is 17.2. The molecule has 9 rings (SSSR count). The second-order valence-electron chi connectivity index (χ2n) is 12.8. The highest BCUT2D eigenvalue weighted by Gasteiger charge is 2.49. The summed E-state index contributed by atoms with van der Waals surface area (Å²) < 4.78 is 56.3. The van der Waals surface area contributed by atoms with E-state index >= 15 is 4.39 Å². The standard InChI is InChI=1S/C31H30F3N9O2S/c32-16-12-31(7-1-9-41(31)13-16)15-45-30-38-24-21(27(39-30)40-10-11-42-18(14-40)6-8-36-42)28(44)43(17-2-3-17)25(22(24)34)19-4-5-20(33)26-23(19)37-29(35)46-26/h4-6,8,16-17H,1-3,7,9-15H2,(H2,35,37)/t16-,31+/m1/s1. The van der Waals surface area contributed by atoms with Crippen LogP contribution in [0, 0.1) is 11.6 Å². The second kappa shape index (κ2) is 10.1. The zero-order valence-electron chi connectivity index (χ0n) is 24.8. The molecule has 2 atom stereocenters. The van der Waals surface area contributed by atoms with Gasteiger partial charge in [0, 0.05) is 37.3 Å². The number of hydrogen-bond donors (Lipinski definition) is 1. The Bertz CT molecular complexity index is 2110. The molecule has 1 aliphatic carbocycles. The molecule has 4 aromatic heterocycles. The summed E-state index contributed by atoms with van der Waals surface area (Å²) in [6.45, 7) is 2.73. The Morgan fingerprint density at radius 1 is 1.09 bits per heavy atom. The van der Waals surface area contributed by atoms with E-state index in [-0.39, 0.29) is 62.0 Å². The Morgan fingerprint density at radius 2 is 1.96 bits per heavy atom. The molecule has 3 fully saturated rings. The van der Waals surface area contributed by atoms with Crippen LogP contribution in [0.2, 0.25) is 0 Å². The number of anilines is 2. The van der Waals surface area contributed by atoms with Crippen molar-refractivity contribution in [2.45, 2.75) is 62.9 Å². The number of hydrogen-bond acceptors (Lipinski definition) is 10. The number of benzene rings is 1. The molecule has 3 aliphatic heterocycles. The van der Waals surface area contributed by atoms with Crippen LogP contribution < -0.4 is 20.9 Å². The van der Waals surface area contributed by atoms with Gasteiger partial charge >= 0.3 is 6.01 Å². The van der Waals surface area contributed by atoms with Gasteiger partial charge in [-0.15, -0.1) is 0 Å². The van der Waals surface area contributed by atoms with Gasteiger partial charge in [0.15, 0.2) is 10.9 Å². The summed E-state index contributed by atoms with van der Waals surface area (Å²) in [6, 6.07) is 4.25. The first-order valence-electron chi connectivity index (χ1n) is 15.6. The number of rotatable bonds is 6. The Labute approximate surface area is 264 Å². The SMILES string of the molecule is Nc1nc2c(-c3c(F)c4nc(OC[C@@]56CCCN5C[C@H](F)C6)nc(N5CCn6nccc6C5)c4c(=O)n3C3CC3)ccc(F)c2s1. The van der Waals surface area contributed by atoms with Gasteiger partial charge in [-0.3, -0.25) is 14.4 Å². The minimum absolute atomic E-state index is 0.0146. The maximum absolute atomic E-state index is 17.2.